The van der Waals surface area contributed by atoms with Crippen LogP contribution in [0.1, 0.15) is 24.0 Å². The molecule has 0 atom stereocenters. The summed E-state index contributed by atoms with van der Waals surface area (Å²) in [6, 6.07) is 8.36. The van der Waals surface area contributed by atoms with Gasteiger partial charge in [-0.3, -0.25) is 4.79 Å². The predicted octanol–water partition coefficient (Wildman–Crippen LogP) is 2.76. The van der Waals surface area contributed by atoms with E-state index in [0.29, 0.717) is 30.5 Å². The van der Waals surface area contributed by atoms with Crippen molar-refractivity contribution in [2.24, 2.45) is 0 Å². The Morgan fingerprint density at radius 3 is 2.96 bits per heavy atom. The van der Waals surface area contributed by atoms with Crippen LogP contribution in [0.25, 0.3) is 11.1 Å². The van der Waals surface area contributed by atoms with Crippen molar-refractivity contribution in [3.63, 3.8) is 0 Å². The number of hydrogen-bond donors (Lipinski definition) is 3. The zero-order valence-electron chi connectivity index (χ0n) is 14.2. The molecule has 1 amide bonds. The molecule has 1 saturated carbocycles. The van der Waals surface area contributed by atoms with Crippen LogP contribution in [0.15, 0.2) is 34.9 Å². The first-order valence-electron chi connectivity index (χ1n) is 8.92. The number of carbonyl (C=O) groups is 1. The van der Waals surface area contributed by atoms with E-state index in [-0.39, 0.29) is 5.91 Å². The minimum atomic E-state index is 0.0778. The van der Waals surface area contributed by atoms with Crippen molar-refractivity contribution >= 4 is 34.5 Å². The van der Waals surface area contributed by atoms with Crippen LogP contribution in [0.4, 0.5) is 17.5 Å². The molecule has 1 aliphatic heterocycles. The number of aromatic nitrogens is 2. The third kappa shape index (κ3) is 2.96. The van der Waals surface area contributed by atoms with Gasteiger partial charge in [-0.25, -0.2) is 4.98 Å². The van der Waals surface area contributed by atoms with E-state index in [9.17, 15) is 4.79 Å². The Balaban J connectivity index is 1.45. The molecular formula is C19H19N5O2. The Kier molecular flexibility index (Phi) is 3.51. The number of nitrogens with one attached hydrogen (secondary N) is 3. The zero-order valence-corrected chi connectivity index (χ0v) is 14.2. The smallest absolute Gasteiger partial charge is 0.229 e. The first-order valence-corrected chi connectivity index (χ1v) is 8.92. The highest BCUT2D eigenvalue weighted by molar-refractivity contribution is 5.85. The van der Waals surface area contributed by atoms with Crippen LogP contribution in [0.2, 0.25) is 0 Å². The summed E-state index contributed by atoms with van der Waals surface area (Å²) in [4.78, 5) is 20.8. The average Bonchev–Trinajstić information content (AvgIpc) is 3.34. The van der Waals surface area contributed by atoms with Crippen molar-refractivity contribution in [3.8, 4) is 0 Å². The standard InChI is InChI=1S/C19H19N5O2/c25-16-10-11-1-2-14(9-12(11)5-7-20-16)22-19-23-15-6-8-26-17(15)18(24-19)21-13-3-4-13/h1-2,6,8-9,13H,3-5,7,10H2,(H,20,25)(H2,21,22,23,24). The molecule has 7 heteroatoms. The molecule has 0 saturated heterocycles. The molecule has 3 aromatic rings. The monoisotopic (exact) mass is 349 g/mol. The van der Waals surface area contributed by atoms with Gasteiger partial charge in [0.25, 0.3) is 0 Å². The molecule has 5 rings (SSSR count). The van der Waals surface area contributed by atoms with Crippen molar-refractivity contribution in [2.75, 3.05) is 17.2 Å². The number of carbonyl (C=O) groups excluding carboxylic acids is 1. The van der Waals surface area contributed by atoms with E-state index < -0.39 is 0 Å². The maximum Gasteiger partial charge on any atom is 0.229 e. The van der Waals surface area contributed by atoms with Gasteiger partial charge in [0.05, 0.1) is 12.7 Å². The molecule has 2 aromatic heterocycles. The number of amides is 1. The molecule has 0 unspecified atom stereocenters. The van der Waals surface area contributed by atoms with Crippen LogP contribution in [0.3, 0.4) is 0 Å². The lowest BCUT2D eigenvalue weighted by molar-refractivity contribution is -0.120. The lowest BCUT2D eigenvalue weighted by Crippen LogP contribution is -2.24. The van der Waals surface area contributed by atoms with Gasteiger partial charge in [0.1, 0.15) is 5.52 Å². The summed E-state index contributed by atoms with van der Waals surface area (Å²) < 4.78 is 5.53. The second-order valence-electron chi connectivity index (χ2n) is 6.83. The third-order valence-electron chi connectivity index (χ3n) is 4.75. The van der Waals surface area contributed by atoms with E-state index in [1.165, 1.54) is 5.56 Å². The van der Waals surface area contributed by atoms with Crippen LogP contribution in [-0.4, -0.2) is 28.5 Å². The Morgan fingerprint density at radius 1 is 1.15 bits per heavy atom. The minimum Gasteiger partial charge on any atom is -0.459 e. The van der Waals surface area contributed by atoms with Gasteiger partial charge in [-0.1, -0.05) is 6.07 Å². The highest BCUT2D eigenvalue weighted by Gasteiger charge is 2.24. The van der Waals surface area contributed by atoms with E-state index in [4.69, 9.17) is 4.42 Å². The third-order valence-corrected chi connectivity index (χ3v) is 4.75. The minimum absolute atomic E-state index is 0.0778. The maximum atomic E-state index is 11.7. The number of anilines is 3. The van der Waals surface area contributed by atoms with Crippen LogP contribution in [0.5, 0.6) is 0 Å². The number of benzene rings is 1. The van der Waals surface area contributed by atoms with Crippen LogP contribution >= 0.6 is 0 Å². The van der Waals surface area contributed by atoms with E-state index in [0.717, 1.165) is 41.8 Å². The van der Waals surface area contributed by atoms with Gasteiger partial charge >= 0.3 is 0 Å². The molecule has 26 heavy (non-hydrogen) atoms. The van der Waals surface area contributed by atoms with Crippen LogP contribution in [-0.2, 0) is 17.6 Å². The second kappa shape index (κ2) is 6.01. The molecule has 1 fully saturated rings. The Bertz CT molecular complexity index is 993. The quantitative estimate of drug-likeness (QED) is 0.671. The molecule has 3 N–H and O–H groups in total. The number of rotatable bonds is 4. The van der Waals surface area contributed by atoms with E-state index in [1.807, 2.05) is 18.2 Å². The normalized spacial score (nSPS) is 16.7. The highest BCUT2D eigenvalue weighted by Crippen LogP contribution is 2.30. The first-order chi connectivity index (χ1) is 12.7. The van der Waals surface area contributed by atoms with Gasteiger partial charge < -0.3 is 20.4 Å². The average molecular weight is 349 g/mol. The fourth-order valence-corrected chi connectivity index (χ4v) is 3.25. The first kappa shape index (κ1) is 15.2. The van der Waals surface area contributed by atoms with Crippen molar-refractivity contribution in [1.29, 1.82) is 0 Å². The van der Waals surface area contributed by atoms with E-state index in [2.05, 4.69) is 32.0 Å². The van der Waals surface area contributed by atoms with Gasteiger partial charge in [0.2, 0.25) is 11.9 Å². The summed E-state index contributed by atoms with van der Waals surface area (Å²) in [5.74, 6) is 1.34. The molecule has 0 spiro atoms. The largest absolute Gasteiger partial charge is 0.459 e. The van der Waals surface area contributed by atoms with Gasteiger partial charge in [0.15, 0.2) is 11.4 Å². The lowest BCUT2D eigenvalue weighted by atomic mass is 10.0. The molecule has 3 heterocycles. The molecule has 1 aromatic carbocycles. The number of hydrogen-bond acceptors (Lipinski definition) is 6. The Morgan fingerprint density at radius 2 is 2.08 bits per heavy atom. The number of fused-ring (bicyclic) bond motifs is 2. The lowest BCUT2D eigenvalue weighted by Gasteiger charge is -2.11. The summed E-state index contributed by atoms with van der Waals surface area (Å²) in [5.41, 5.74) is 4.63. The Hall–Kier alpha value is -3.09. The SMILES string of the molecule is O=C1Cc2ccc(Nc3nc(NC4CC4)c4occc4n3)cc2CCN1. The molecular weight excluding hydrogens is 330 g/mol. The van der Waals surface area contributed by atoms with Gasteiger partial charge in [-0.15, -0.1) is 0 Å². The van der Waals surface area contributed by atoms with Crippen LogP contribution in [0, 0.1) is 0 Å². The van der Waals surface area contributed by atoms with Crippen molar-refractivity contribution < 1.29 is 9.21 Å². The molecule has 7 nitrogen and oxygen atoms in total. The summed E-state index contributed by atoms with van der Waals surface area (Å²) >= 11 is 0. The molecule has 1 aliphatic carbocycles. The van der Waals surface area contributed by atoms with Crippen molar-refractivity contribution in [3.05, 3.63) is 41.7 Å². The summed E-state index contributed by atoms with van der Waals surface area (Å²) in [5, 5.41) is 9.60. The summed E-state index contributed by atoms with van der Waals surface area (Å²) in [6.45, 7) is 0.669. The molecule has 0 bridgehead atoms. The van der Waals surface area contributed by atoms with Gasteiger partial charge in [-0.2, -0.15) is 4.98 Å². The van der Waals surface area contributed by atoms with Crippen molar-refractivity contribution in [1.82, 2.24) is 15.3 Å². The molecule has 132 valence electrons. The van der Waals surface area contributed by atoms with E-state index in [1.54, 1.807) is 6.26 Å². The summed E-state index contributed by atoms with van der Waals surface area (Å²) in [7, 11) is 0. The van der Waals surface area contributed by atoms with Crippen LogP contribution < -0.4 is 16.0 Å². The second-order valence-corrected chi connectivity index (χ2v) is 6.83. The number of furan rings is 1. The maximum absolute atomic E-state index is 11.7. The summed E-state index contributed by atoms with van der Waals surface area (Å²) in [6.07, 6.45) is 5.21. The Labute approximate surface area is 150 Å². The predicted molar refractivity (Wildman–Crippen MR) is 98.6 cm³/mol. The molecule has 0 radical (unpaired) electrons. The molecule has 2 aliphatic rings. The van der Waals surface area contributed by atoms with Gasteiger partial charge in [0, 0.05) is 24.3 Å². The topological polar surface area (TPSA) is 92.1 Å². The highest BCUT2D eigenvalue weighted by atomic mass is 16.3. The fourth-order valence-electron chi connectivity index (χ4n) is 3.25. The fraction of sp³-hybridized carbons (Fsp3) is 0.316. The van der Waals surface area contributed by atoms with Crippen molar-refractivity contribution in [2.45, 2.75) is 31.7 Å². The zero-order chi connectivity index (χ0) is 17.5. The van der Waals surface area contributed by atoms with Gasteiger partial charge in [-0.05, 0) is 42.5 Å². The number of nitrogens with zero attached hydrogens (tertiary/aromatic N) is 2. The van der Waals surface area contributed by atoms with E-state index >= 15 is 0 Å².